The molecule has 0 aliphatic carbocycles. The van der Waals surface area contributed by atoms with Crippen molar-refractivity contribution in [1.82, 2.24) is 5.32 Å². The quantitative estimate of drug-likeness (QED) is 0.803. The summed E-state index contributed by atoms with van der Waals surface area (Å²) in [6.45, 7) is 3.89. The van der Waals surface area contributed by atoms with Crippen molar-refractivity contribution >= 4 is 27.8 Å². The minimum Gasteiger partial charge on any atom is -0.434 e. The van der Waals surface area contributed by atoms with Crippen LogP contribution in [0.5, 0.6) is 0 Å². The normalized spacial score (nSPS) is 9.31. The minimum absolute atomic E-state index is 0.318. The van der Waals surface area contributed by atoms with Gasteiger partial charge in [-0.1, -0.05) is 6.08 Å². The van der Waals surface area contributed by atoms with Crippen LogP contribution in [0.2, 0.25) is 0 Å². The summed E-state index contributed by atoms with van der Waals surface area (Å²) in [7, 11) is 0. The highest BCUT2D eigenvalue weighted by molar-refractivity contribution is 9.10. The van der Waals surface area contributed by atoms with Gasteiger partial charge >= 0.3 is 6.03 Å². The number of hydrogen-bond donors (Lipinski definition) is 2. The lowest BCUT2D eigenvalue weighted by atomic mass is 10.6. The van der Waals surface area contributed by atoms with Gasteiger partial charge in [-0.15, -0.1) is 6.58 Å². The summed E-state index contributed by atoms with van der Waals surface area (Å²) in [4.78, 5) is 11.0. The van der Waals surface area contributed by atoms with Gasteiger partial charge in [-0.25, -0.2) is 4.79 Å². The van der Waals surface area contributed by atoms with Gasteiger partial charge < -0.3 is 9.73 Å². The van der Waals surface area contributed by atoms with Crippen LogP contribution in [0.3, 0.4) is 0 Å². The van der Waals surface area contributed by atoms with Crippen molar-refractivity contribution in [3.63, 3.8) is 0 Å². The van der Waals surface area contributed by atoms with Crippen LogP contribution in [-0.4, -0.2) is 12.6 Å². The van der Waals surface area contributed by atoms with Crippen LogP contribution in [0, 0.1) is 0 Å². The third kappa shape index (κ3) is 3.33. The van der Waals surface area contributed by atoms with E-state index in [2.05, 4.69) is 33.1 Å². The second-order valence-corrected chi connectivity index (χ2v) is 3.01. The highest BCUT2D eigenvalue weighted by Crippen LogP contribution is 2.17. The van der Waals surface area contributed by atoms with Crippen molar-refractivity contribution in [3.8, 4) is 0 Å². The van der Waals surface area contributed by atoms with E-state index >= 15 is 0 Å². The number of rotatable bonds is 3. The largest absolute Gasteiger partial charge is 0.434 e. The Morgan fingerprint density at radius 2 is 2.46 bits per heavy atom. The second kappa shape index (κ2) is 4.71. The molecule has 5 heteroatoms. The van der Waals surface area contributed by atoms with Gasteiger partial charge in [-0.3, -0.25) is 5.32 Å². The van der Waals surface area contributed by atoms with Gasteiger partial charge in [0.25, 0.3) is 0 Å². The van der Waals surface area contributed by atoms with Crippen molar-refractivity contribution < 1.29 is 9.21 Å². The molecule has 0 radical (unpaired) electrons. The Hall–Kier alpha value is -1.23. The molecule has 0 aliphatic rings. The fourth-order valence-corrected chi connectivity index (χ4v) is 1.01. The van der Waals surface area contributed by atoms with Gasteiger partial charge in [-0.05, 0) is 22.0 Å². The van der Waals surface area contributed by atoms with Crippen molar-refractivity contribution in [2.45, 2.75) is 0 Å². The Balaban J connectivity index is 2.40. The number of carbonyl (C=O) groups is 1. The molecule has 1 aromatic heterocycles. The Kier molecular flexibility index (Phi) is 3.57. The van der Waals surface area contributed by atoms with E-state index in [1.807, 2.05) is 0 Å². The molecule has 2 N–H and O–H groups in total. The molecule has 0 saturated carbocycles. The van der Waals surface area contributed by atoms with E-state index in [1.54, 1.807) is 18.2 Å². The lowest BCUT2D eigenvalue weighted by Gasteiger charge is -2.01. The first-order valence-electron chi connectivity index (χ1n) is 3.63. The average molecular weight is 245 g/mol. The molecular weight excluding hydrogens is 236 g/mol. The van der Waals surface area contributed by atoms with E-state index in [-0.39, 0.29) is 6.03 Å². The third-order valence-electron chi connectivity index (χ3n) is 1.22. The molecule has 0 aliphatic heterocycles. The van der Waals surface area contributed by atoms with E-state index in [9.17, 15) is 4.79 Å². The van der Waals surface area contributed by atoms with Crippen LogP contribution in [-0.2, 0) is 0 Å². The first-order valence-corrected chi connectivity index (χ1v) is 4.43. The number of anilines is 1. The molecule has 0 saturated heterocycles. The van der Waals surface area contributed by atoms with Gasteiger partial charge in [0.1, 0.15) is 0 Å². The predicted molar refractivity (Wildman–Crippen MR) is 53.6 cm³/mol. The van der Waals surface area contributed by atoms with Gasteiger partial charge in [0.15, 0.2) is 4.67 Å². The molecular formula is C8H9BrN2O2. The van der Waals surface area contributed by atoms with Gasteiger partial charge in [0, 0.05) is 12.6 Å². The topological polar surface area (TPSA) is 54.3 Å². The molecule has 1 rings (SSSR count). The van der Waals surface area contributed by atoms with Crippen molar-refractivity contribution in [2.24, 2.45) is 0 Å². The zero-order valence-corrected chi connectivity index (χ0v) is 8.43. The maximum atomic E-state index is 11.0. The number of hydrogen-bond acceptors (Lipinski definition) is 2. The monoisotopic (exact) mass is 244 g/mol. The third-order valence-corrected chi connectivity index (χ3v) is 1.64. The lowest BCUT2D eigenvalue weighted by molar-refractivity contribution is 0.252. The van der Waals surface area contributed by atoms with Crippen molar-refractivity contribution in [1.29, 1.82) is 0 Å². The fraction of sp³-hybridized carbons (Fsp3) is 0.125. The molecule has 1 heterocycles. The summed E-state index contributed by atoms with van der Waals surface area (Å²) >= 11 is 3.12. The molecule has 0 atom stereocenters. The van der Waals surface area contributed by atoms with Gasteiger partial charge in [0.05, 0.1) is 0 Å². The maximum Gasteiger partial charge on any atom is 0.321 e. The molecule has 1 aromatic rings. The van der Waals surface area contributed by atoms with Gasteiger partial charge in [0.2, 0.25) is 5.88 Å². The standard InChI is InChI=1S/C8H9BrN2O2/c1-2-5-10-8(12)11-7-4-3-6(9)13-7/h2-4H,1,5H2,(H2,10,11,12). The van der Waals surface area contributed by atoms with Crippen molar-refractivity contribution in [2.75, 3.05) is 11.9 Å². The molecule has 2 amide bonds. The van der Waals surface area contributed by atoms with E-state index in [0.717, 1.165) is 0 Å². The molecule has 13 heavy (non-hydrogen) atoms. The molecule has 0 aromatic carbocycles. The predicted octanol–water partition coefficient (Wildman–Crippen LogP) is 2.35. The molecule has 4 nitrogen and oxygen atoms in total. The smallest absolute Gasteiger partial charge is 0.321 e. The summed E-state index contributed by atoms with van der Waals surface area (Å²) in [6.07, 6.45) is 1.59. The Bertz CT molecular complexity index is 309. The lowest BCUT2D eigenvalue weighted by Crippen LogP contribution is -2.28. The highest BCUT2D eigenvalue weighted by Gasteiger charge is 2.02. The highest BCUT2D eigenvalue weighted by atomic mass is 79.9. The zero-order chi connectivity index (χ0) is 9.68. The fourth-order valence-electron chi connectivity index (χ4n) is 0.702. The number of halogens is 1. The zero-order valence-electron chi connectivity index (χ0n) is 6.84. The van der Waals surface area contributed by atoms with Gasteiger partial charge in [-0.2, -0.15) is 0 Å². The number of urea groups is 1. The average Bonchev–Trinajstić information content (AvgIpc) is 2.48. The van der Waals surface area contributed by atoms with Crippen LogP contribution in [0.25, 0.3) is 0 Å². The molecule has 0 spiro atoms. The van der Waals surface area contributed by atoms with E-state index in [0.29, 0.717) is 17.1 Å². The first-order chi connectivity index (χ1) is 6.22. The minimum atomic E-state index is -0.318. The van der Waals surface area contributed by atoms with Crippen LogP contribution >= 0.6 is 15.9 Å². The molecule has 0 unspecified atom stereocenters. The molecule has 70 valence electrons. The number of amides is 2. The molecule has 0 bridgehead atoms. The van der Waals surface area contributed by atoms with Crippen LogP contribution in [0.15, 0.2) is 33.9 Å². The second-order valence-electron chi connectivity index (χ2n) is 2.23. The number of furan rings is 1. The van der Waals surface area contributed by atoms with E-state index in [4.69, 9.17) is 4.42 Å². The molecule has 0 fully saturated rings. The van der Waals surface area contributed by atoms with E-state index < -0.39 is 0 Å². The summed E-state index contributed by atoms with van der Waals surface area (Å²) in [5, 5.41) is 5.05. The van der Waals surface area contributed by atoms with Crippen molar-refractivity contribution in [3.05, 3.63) is 29.5 Å². The Labute approximate surface area is 84.1 Å². The SMILES string of the molecule is C=CCNC(=O)Nc1ccc(Br)o1. The van der Waals surface area contributed by atoms with Crippen LogP contribution in [0.1, 0.15) is 0 Å². The number of carbonyl (C=O) groups excluding carboxylic acids is 1. The Morgan fingerprint density at radius 3 is 3.00 bits per heavy atom. The number of nitrogens with one attached hydrogen (secondary N) is 2. The maximum absolute atomic E-state index is 11.0. The Morgan fingerprint density at radius 1 is 1.69 bits per heavy atom. The van der Waals surface area contributed by atoms with Crippen LogP contribution < -0.4 is 10.6 Å². The summed E-state index contributed by atoms with van der Waals surface area (Å²) in [5.74, 6) is 0.397. The van der Waals surface area contributed by atoms with E-state index in [1.165, 1.54) is 0 Å². The van der Waals surface area contributed by atoms with Crippen LogP contribution in [0.4, 0.5) is 10.7 Å². The first kappa shape index (κ1) is 9.85. The summed E-state index contributed by atoms with van der Waals surface area (Å²) in [5.41, 5.74) is 0. The summed E-state index contributed by atoms with van der Waals surface area (Å²) in [6, 6.07) is 3.03. The summed E-state index contributed by atoms with van der Waals surface area (Å²) < 4.78 is 5.63.